The molecule has 7 nitrogen and oxygen atoms in total. The van der Waals surface area contributed by atoms with Crippen LogP contribution in [-0.2, 0) is 45.5 Å². The Kier molecular flexibility index (Phi) is 18.2. The van der Waals surface area contributed by atoms with Gasteiger partial charge in [-0.05, 0) is 282 Å². The number of aliphatic hydroxyl groups is 1. The van der Waals surface area contributed by atoms with E-state index in [1.807, 2.05) is 30.3 Å². The zero-order valence-electron chi connectivity index (χ0n) is 60.8. The van der Waals surface area contributed by atoms with Crippen LogP contribution in [0, 0.1) is 0 Å². The quantitative estimate of drug-likeness (QED) is 0.0343. The smallest absolute Gasteiger partial charge is 0.123 e. The summed E-state index contributed by atoms with van der Waals surface area (Å²) in [6.45, 7) is 2.54. The van der Waals surface area contributed by atoms with E-state index < -0.39 is 0 Å². The molecule has 0 spiro atoms. The molecule has 0 aliphatic heterocycles. The summed E-state index contributed by atoms with van der Waals surface area (Å²) in [4.78, 5) is 0. The van der Waals surface area contributed by atoms with E-state index >= 15 is 0 Å². The number of hydrogen-bond acceptors (Lipinski definition) is 7. The van der Waals surface area contributed by atoms with Crippen LogP contribution in [0.4, 0.5) is 0 Å². The molecule has 0 saturated carbocycles. The largest absolute Gasteiger partial charge is 0.493 e. The second-order valence-corrected chi connectivity index (χ2v) is 29.7. The lowest BCUT2D eigenvalue weighted by Gasteiger charge is -2.16. The van der Waals surface area contributed by atoms with Gasteiger partial charge in [0.1, 0.15) is 47.7 Å². The Morgan fingerprint density at radius 1 is 0.194 bits per heavy atom. The van der Waals surface area contributed by atoms with E-state index in [0.717, 1.165) is 111 Å². The summed E-state index contributed by atoms with van der Waals surface area (Å²) < 4.78 is 39.8. The van der Waals surface area contributed by atoms with E-state index in [2.05, 4.69) is 243 Å². The third-order valence-corrected chi connectivity index (χ3v) is 22.7. The summed E-state index contributed by atoms with van der Waals surface area (Å²) in [6, 6.07) is 99.0. The topological polar surface area (TPSA) is 75.6 Å². The standard InChI is InChI=1S/C101H84O7/c102-62-65-53-88(107-63-66-55-84(103-49-5-1-13-68-25-29-80-37-33-72-17-9-21-76-41-45-90(68)98(80)94(72)76)59-85(56-66)104-50-6-2-14-69-26-30-81-38-34-73-18-10-22-77-42-46-91(69)99(81)95(73)77)61-89(54-65)108-64-67-57-86(105-51-7-3-15-70-27-31-82-39-35-74-19-11-23-78-43-47-92(70)100(82)96(74)78)60-87(58-67)106-52-8-4-16-71-28-32-83-40-36-75-20-12-24-79-44-48-93(71)101(83)97(75)79/h9-12,17-48,53-61,102H,1-8,13-16,49-52,62-64H2. The first-order chi connectivity index (χ1) is 53.4. The van der Waals surface area contributed by atoms with Crippen LogP contribution >= 0.6 is 0 Å². The molecule has 0 aliphatic carbocycles. The Bertz CT molecular complexity index is 5670. The van der Waals surface area contributed by atoms with Crippen LogP contribution in [0.25, 0.3) is 129 Å². The van der Waals surface area contributed by atoms with Gasteiger partial charge in [0.05, 0.1) is 33.0 Å². The minimum Gasteiger partial charge on any atom is -0.493 e. The molecule has 0 atom stereocenters. The first kappa shape index (κ1) is 66.8. The van der Waals surface area contributed by atoms with Crippen molar-refractivity contribution in [1.82, 2.24) is 0 Å². The normalized spacial score (nSPS) is 12.1. The molecule has 0 aromatic heterocycles. The van der Waals surface area contributed by atoms with Gasteiger partial charge < -0.3 is 33.5 Å². The van der Waals surface area contributed by atoms with Crippen LogP contribution in [0.1, 0.15) is 90.3 Å². The zero-order chi connectivity index (χ0) is 71.9. The van der Waals surface area contributed by atoms with Gasteiger partial charge in [-0.15, -0.1) is 0 Å². The molecular formula is C101H84O7. The van der Waals surface area contributed by atoms with Gasteiger partial charge in [-0.1, -0.05) is 218 Å². The molecule has 0 fully saturated rings. The zero-order valence-corrected chi connectivity index (χ0v) is 60.8. The van der Waals surface area contributed by atoms with Gasteiger partial charge in [0.15, 0.2) is 0 Å². The molecule has 19 aromatic carbocycles. The highest BCUT2D eigenvalue weighted by Gasteiger charge is 2.18. The molecule has 19 rings (SSSR count). The minimum absolute atomic E-state index is 0.183. The van der Waals surface area contributed by atoms with Crippen molar-refractivity contribution in [2.45, 2.75) is 96.9 Å². The van der Waals surface area contributed by atoms with Crippen molar-refractivity contribution >= 4 is 129 Å². The fraction of sp³-hybridized carbons (Fsp3) is 0.188. The molecular weight excluding hydrogens is 1330 g/mol. The predicted molar refractivity (Wildman–Crippen MR) is 448 cm³/mol. The first-order valence-electron chi connectivity index (χ1n) is 38.8. The number of hydrogen-bond donors (Lipinski definition) is 1. The van der Waals surface area contributed by atoms with Crippen molar-refractivity contribution in [2.75, 3.05) is 26.4 Å². The second-order valence-electron chi connectivity index (χ2n) is 29.7. The maximum atomic E-state index is 10.7. The number of aryl methyl sites for hydroxylation is 4. The Balaban J connectivity index is 0.529. The molecule has 530 valence electrons. The number of ether oxygens (including phenoxy) is 6. The highest BCUT2D eigenvalue weighted by Crippen LogP contribution is 2.42. The average Bonchev–Trinajstić information content (AvgIpc) is 0.760. The van der Waals surface area contributed by atoms with E-state index in [9.17, 15) is 5.11 Å². The van der Waals surface area contributed by atoms with Gasteiger partial charge in [0.2, 0.25) is 0 Å². The Labute approximate surface area is 628 Å². The third-order valence-electron chi connectivity index (χ3n) is 22.7. The Morgan fingerprint density at radius 3 is 0.657 bits per heavy atom. The maximum Gasteiger partial charge on any atom is 0.123 e. The number of rotatable bonds is 31. The van der Waals surface area contributed by atoms with Gasteiger partial charge in [-0.3, -0.25) is 0 Å². The molecule has 0 amide bonds. The van der Waals surface area contributed by atoms with Crippen LogP contribution < -0.4 is 28.4 Å². The lowest BCUT2D eigenvalue weighted by molar-refractivity contribution is 0.268. The van der Waals surface area contributed by atoms with Gasteiger partial charge >= 0.3 is 0 Å². The van der Waals surface area contributed by atoms with E-state index in [1.165, 1.54) is 152 Å². The fourth-order valence-corrected chi connectivity index (χ4v) is 17.5. The van der Waals surface area contributed by atoms with Crippen molar-refractivity contribution < 1.29 is 33.5 Å². The van der Waals surface area contributed by atoms with E-state index in [0.29, 0.717) is 43.5 Å². The lowest BCUT2D eigenvalue weighted by atomic mass is 9.91. The van der Waals surface area contributed by atoms with Crippen LogP contribution in [0.3, 0.4) is 0 Å². The summed E-state index contributed by atoms with van der Waals surface area (Å²) in [5, 5.41) is 42.3. The highest BCUT2D eigenvalue weighted by atomic mass is 16.5. The van der Waals surface area contributed by atoms with Gasteiger partial charge in [0.25, 0.3) is 0 Å². The van der Waals surface area contributed by atoms with Gasteiger partial charge in [-0.25, -0.2) is 0 Å². The third kappa shape index (κ3) is 13.3. The van der Waals surface area contributed by atoms with Crippen molar-refractivity contribution in [3.63, 3.8) is 0 Å². The van der Waals surface area contributed by atoms with E-state index in [4.69, 9.17) is 28.4 Å². The molecule has 0 heterocycles. The molecule has 0 saturated heterocycles. The molecule has 19 aromatic rings. The van der Waals surface area contributed by atoms with Crippen LogP contribution in [0.2, 0.25) is 0 Å². The molecule has 0 bridgehead atoms. The summed E-state index contributed by atoms with van der Waals surface area (Å²) in [6.07, 6.45) is 11.3. The van der Waals surface area contributed by atoms with Crippen LogP contribution in [0.5, 0.6) is 34.5 Å². The van der Waals surface area contributed by atoms with Crippen LogP contribution in [0.15, 0.2) is 273 Å². The lowest BCUT2D eigenvalue weighted by Crippen LogP contribution is -2.04. The summed E-state index contributed by atoms with van der Waals surface area (Å²) >= 11 is 0. The number of unbranched alkanes of at least 4 members (excludes halogenated alkanes) is 4. The van der Waals surface area contributed by atoms with Crippen molar-refractivity contribution in [1.29, 1.82) is 0 Å². The van der Waals surface area contributed by atoms with Crippen molar-refractivity contribution in [3.8, 4) is 34.5 Å². The minimum atomic E-state index is -0.183. The van der Waals surface area contributed by atoms with Crippen molar-refractivity contribution in [2.24, 2.45) is 0 Å². The average molecular weight is 1410 g/mol. The molecule has 7 heteroatoms. The van der Waals surface area contributed by atoms with Gasteiger partial charge in [-0.2, -0.15) is 0 Å². The maximum absolute atomic E-state index is 10.7. The van der Waals surface area contributed by atoms with Crippen molar-refractivity contribution in [3.05, 3.63) is 312 Å². The van der Waals surface area contributed by atoms with E-state index in [-0.39, 0.29) is 19.8 Å². The van der Waals surface area contributed by atoms with Crippen LogP contribution in [-0.4, -0.2) is 31.5 Å². The fourth-order valence-electron chi connectivity index (χ4n) is 17.5. The molecule has 0 unspecified atom stereocenters. The monoisotopic (exact) mass is 1410 g/mol. The highest BCUT2D eigenvalue weighted by molar-refractivity contribution is 6.27. The predicted octanol–water partition coefficient (Wildman–Crippen LogP) is 25.5. The molecule has 1 N–H and O–H groups in total. The SMILES string of the molecule is OCc1cc(OCc2cc(OCCCCc3ccc4ccc5cccc6ccc3c4c56)cc(OCCCCc3ccc4ccc5cccc6ccc3c4c56)c2)cc(OCc2cc(OCCCCc3ccc4ccc5cccc6ccc3c4c56)cc(OCCCCc3ccc4ccc5cccc6ccc3c4c56)c2)c1. The second kappa shape index (κ2) is 29.4. The summed E-state index contributed by atoms with van der Waals surface area (Å²) in [5.74, 6) is 4.12. The molecule has 108 heavy (non-hydrogen) atoms. The first-order valence-corrected chi connectivity index (χ1v) is 38.8. The Morgan fingerprint density at radius 2 is 0.407 bits per heavy atom. The molecule has 0 aliphatic rings. The van der Waals surface area contributed by atoms with E-state index in [1.54, 1.807) is 0 Å². The molecule has 0 radical (unpaired) electrons. The number of aliphatic hydroxyl groups excluding tert-OH is 1. The summed E-state index contributed by atoms with van der Waals surface area (Å²) in [7, 11) is 0. The van der Waals surface area contributed by atoms with Gasteiger partial charge in [0, 0.05) is 18.2 Å². The Hall–Kier alpha value is -11.9. The summed E-state index contributed by atoms with van der Waals surface area (Å²) in [5.41, 5.74) is 7.98. The number of benzene rings is 19.